The Hall–Kier alpha value is -1.78. The van der Waals surface area contributed by atoms with Crippen LogP contribution < -0.4 is 5.32 Å². The predicted molar refractivity (Wildman–Crippen MR) is 106 cm³/mol. The van der Waals surface area contributed by atoms with Gasteiger partial charge in [0.15, 0.2) is 6.10 Å². The minimum Gasteiger partial charge on any atom is -0.363 e. The number of carbonyl (C=O) groups excluding carboxylic acids is 1. The first kappa shape index (κ1) is 17.6. The van der Waals surface area contributed by atoms with Crippen LogP contribution in [0.2, 0.25) is 0 Å². The van der Waals surface area contributed by atoms with Crippen molar-refractivity contribution in [2.24, 2.45) is 5.92 Å². The molecule has 1 N–H and O–H groups in total. The molecule has 4 heteroatoms. The molecule has 2 aliphatic carbocycles. The molecule has 0 heterocycles. The number of nitrogens with one attached hydrogen (secondary N) is 1. The minimum atomic E-state index is -0.525. The SMILES string of the molecule is CS[C@@H]1c2ccccc2C[C@H]1NC(=O)C(OCC1CC1)c1ccccc1. The maximum absolute atomic E-state index is 13.1. The van der Waals surface area contributed by atoms with Crippen LogP contribution in [0.3, 0.4) is 0 Å². The van der Waals surface area contributed by atoms with Gasteiger partial charge < -0.3 is 10.1 Å². The number of thioether (sulfide) groups is 1. The van der Waals surface area contributed by atoms with E-state index in [1.165, 1.54) is 24.0 Å². The highest BCUT2D eigenvalue weighted by molar-refractivity contribution is 7.98. The Bertz CT molecular complexity index is 760. The lowest BCUT2D eigenvalue weighted by Crippen LogP contribution is -2.40. The first-order valence-electron chi connectivity index (χ1n) is 9.34. The lowest BCUT2D eigenvalue weighted by Gasteiger charge is -2.24. The van der Waals surface area contributed by atoms with Gasteiger partial charge in [0.1, 0.15) is 0 Å². The Morgan fingerprint density at radius 3 is 2.62 bits per heavy atom. The summed E-state index contributed by atoms with van der Waals surface area (Å²) >= 11 is 1.81. The monoisotopic (exact) mass is 367 g/mol. The second-order valence-electron chi connectivity index (χ2n) is 7.24. The molecule has 3 atom stereocenters. The smallest absolute Gasteiger partial charge is 0.254 e. The van der Waals surface area contributed by atoms with Crippen molar-refractivity contribution in [1.82, 2.24) is 5.32 Å². The number of hydrogen-bond donors (Lipinski definition) is 1. The Balaban J connectivity index is 1.49. The fourth-order valence-corrected chi connectivity index (χ4v) is 4.68. The fourth-order valence-electron chi connectivity index (χ4n) is 3.70. The zero-order valence-electron chi connectivity index (χ0n) is 15.1. The Labute approximate surface area is 159 Å². The van der Waals surface area contributed by atoms with Crippen LogP contribution in [-0.4, -0.2) is 24.8 Å². The number of benzene rings is 2. The van der Waals surface area contributed by atoms with Crippen molar-refractivity contribution in [2.45, 2.75) is 36.7 Å². The van der Waals surface area contributed by atoms with E-state index in [4.69, 9.17) is 4.74 Å². The van der Waals surface area contributed by atoms with Crippen molar-refractivity contribution >= 4 is 17.7 Å². The molecule has 0 aliphatic heterocycles. The van der Waals surface area contributed by atoms with Crippen LogP contribution in [0.5, 0.6) is 0 Å². The third kappa shape index (κ3) is 3.81. The van der Waals surface area contributed by atoms with Crippen molar-refractivity contribution in [2.75, 3.05) is 12.9 Å². The summed E-state index contributed by atoms with van der Waals surface area (Å²) in [6.45, 7) is 0.670. The molecular weight excluding hydrogens is 342 g/mol. The van der Waals surface area contributed by atoms with E-state index in [1.54, 1.807) is 11.8 Å². The number of carbonyl (C=O) groups is 1. The lowest BCUT2D eigenvalue weighted by molar-refractivity contribution is -0.134. The number of ether oxygens (including phenoxy) is 1. The molecule has 1 amide bonds. The summed E-state index contributed by atoms with van der Waals surface area (Å²) in [7, 11) is 0. The van der Waals surface area contributed by atoms with Gasteiger partial charge in [-0.1, -0.05) is 54.6 Å². The summed E-state index contributed by atoms with van der Waals surface area (Å²) in [5.74, 6) is 0.609. The van der Waals surface area contributed by atoms with E-state index in [-0.39, 0.29) is 11.9 Å². The van der Waals surface area contributed by atoms with Crippen molar-refractivity contribution < 1.29 is 9.53 Å². The van der Waals surface area contributed by atoms with Crippen molar-refractivity contribution in [1.29, 1.82) is 0 Å². The molecule has 1 saturated carbocycles. The molecule has 26 heavy (non-hydrogen) atoms. The highest BCUT2D eigenvalue weighted by Crippen LogP contribution is 2.40. The van der Waals surface area contributed by atoms with Gasteiger partial charge in [0, 0.05) is 6.04 Å². The lowest BCUT2D eigenvalue weighted by atomic mass is 10.1. The van der Waals surface area contributed by atoms with E-state index < -0.39 is 6.10 Å². The molecule has 3 nitrogen and oxygen atoms in total. The third-order valence-corrected chi connectivity index (χ3v) is 6.37. The maximum atomic E-state index is 13.1. The van der Waals surface area contributed by atoms with Crippen LogP contribution in [0.1, 0.15) is 40.9 Å². The van der Waals surface area contributed by atoms with Gasteiger partial charge in [-0.25, -0.2) is 0 Å². The Morgan fingerprint density at radius 2 is 1.88 bits per heavy atom. The molecule has 0 spiro atoms. The maximum Gasteiger partial charge on any atom is 0.254 e. The standard InChI is InChI=1S/C22H25NO2S/c1-26-21-18-10-6-5-9-17(18)13-19(21)23-22(24)20(25-14-15-11-12-15)16-7-3-2-4-8-16/h2-10,15,19-21H,11-14H2,1H3,(H,23,24)/t19-,20?,21-/m1/s1. The van der Waals surface area contributed by atoms with Crippen molar-refractivity contribution in [3.8, 4) is 0 Å². The summed E-state index contributed by atoms with van der Waals surface area (Å²) in [6, 6.07) is 18.5. The minimum absolute atomic E-state index is 0.0197. The second-order valence-corrected chi connectivity index (χ2v) is 8.22. The summed E-state index contributed by atoms with van der Waals surface area (Å²) < 4.78 is 6.05. The quantitative estimate of drug-likeness (QED) is 0.793. The summed E-state index contributed by atoms with van der Waals surface area (Å²) in [6.07, 6.45) is 4.91. The molecule has 0 aromatic heterocycles. The average molecular weight is 368 g/mol. The van der Waals surface area contributed by atoms with Gasteiger partial charge in [-0.2, -0.15) is 11.8 Å². The number of fused-ring (bicyclic) bond motifs is 1. The van der Waals surface area contributed by atoms with E-state index >= 15 is 0 Å². The van der Waals surface area contributed by atoms with E-state index in [2.05, 4.69) is 35.8 Å². The topological polar surface area (TPSA) is 38.3 Å². The first-order valence-corrected chi connectivity index (χ1v) is 10.6. The van der Waals surface area contributed by atoms with Crippen molar-refractivity contribution in [3.05, 3.63) is 71.3 Å². The molecule has 136 valence electrons. The van der Waals surface area contributed by atoms with Crippen LogP contribution >= 0.6 is 11.8 Å². The fraction of sp³-hybridized carbons (Fsp3) is 0.409. The van der Waals surface area contributed by atoms with Crippen LogP contribution in [-0.2, 0) is 16.0 Å². The normalized spacial score (nSPS) is 22.7. The molecule has 0 bridgehead atoms. The molecule has 2 aromatic carbocycles. The van der Waals surface area contributed by atoms with E-state index in [0.717, 1.165) is 12.0 Å². The highest BCUT2D eigenvalue weighted by atomic mass is 32.2. The molecule has 1 unspecified atom stereocenters. The summed E-state index contributed by atoms with van der Waals surface area (Å²) in [5, 5.41) is 3.59. The van der Waals surface area contributed by atoms with Crippen LogP contribution in [0, 0.1) is 5.92 Å². The number of amides is 1. The van der Waals surface area contributed by atoms with E-state index in [1.807, 2.05) is 30.3 Å². The molecule has 1 fully saturated rings. The zero-order valence-corrected chi connectivity index (χ0v) is 15.9. The van der Waals surface area contributed by atoms with Crippen molar-refractivity contribution in [3.63, 3.8) is 0 Å². The Kier molecular flexibility index (Phi) is 5.32. The molecular formula is C22H25NO2S. The molecule has 2 aromatic rings. The highest BCUT2D eigenvalue weighted by Gasteiger charge is 2.35. The third-order valence-electron chi connectivity index (χ3n) is 5.28. The van der Waals surface area contributed by atoms with Crippen LogP contribution in [0.4, 0.5) is 0 Å². The molecule has 0 saturated heterocycles. The van der Waals surface area contributed by atoms with Gasteiger partial charge in [0.05, 0.1) is 11.9 Å². The molecule has 0 radical (unpaired) electrons. The number of hydrogen-bond acceptors (Lipinski definition) is 3. The summed E-state index contributed by atoms with van der Waals surface area (Å²) in [5.41, 5.74) is 3.62. The van der Waals surface area contributed by atoms with Gasteiger partial charge in [-0.3, -0.25) is 4.79 Å². The van der Waals surface area contributed by atoms with E-state index in [9.17, 15) is 4.79 Å². The van der Waals surface area contributed by atoms with Gasteiger partial charge in [-0.15, -0.1) is 0 Å². The second kappa shape index (κ2) is 7.85. The number of rotatable bonds is 7. The largest absolute Gasteiger partial charge is 0.363 e. The molecule has 4 rings (SSSR count). The Morgan fingerprint density at radius 1 is 1.15 bits per heavy atom. The summed E-state index contributed by atoms with van der Waals surface area (Å²) in [4.78, 5) is 13.1. The van der Waals surface area contributed by atoms with Gasteiger partial charge in [0.2, 0.25) is 0 Å². The van der Waals surface area contributed by atoms with E-state index in [0.29, 0.717) is 17.8 Å². The van der Waals surface area contributed by atoms with Crippen LogP contribution in [0.15, 0.2) is 54.6 Å². The zero-order chi connectivity index (χ0) is 17.9. The predicted octanol–water partition coefficient (Wildman–Crippen LogP) is 4.30. The van der Waals surface area contributed by atoms with Gasteiger partial charge in [0.25, 0.3) is 5.91 Å². The van der Waals surface area contributed by atoms with Gasteiger partial charge in [-0.05, 0) is 48.1 Å². The average Bonchev–Trinajstić information content (AvgIpc) is 3.42. The first-order chi connectivity index (χ1) is 12.8. The van der Waals surface area contributed by atoms with Crippen LogP contribution in [0.25, 0.3) is 0 Å². The van der Waals surface area contributed by atoms with Gasteiger partial charge >= 0.3 is 0 Å². The molecule has 2 aliphatic rings.